The third kappa shape index (κ3) is 3.11. The van der Waals surface area contributed by atoms with Crippen LogP contribution in [0.25, 0.3) is 0 Å². The second-order valence-electron chi connectivity index (χ2n) is 3.99. The van der Waals surface area contributed by atoms with Crippen LogP contribution in [0.5, 0.6) is 0 Å². The summed E-state index contributed by atoms with van der Waals surface area (Å²) in [4.78, 5) is 22.5. The minimum absolute atomic E-state index is 0.197. The number of hydrogen-bond acceptors (Lipinski definition) is 2. The molecule has 0 aliphatic heterocycles. The minimum atomic E-state index is -0.197. The lowest BCUT2D eigenvalue weighted by Gasteiger charge is -2.19. The molecule has 4 nitrogen and oxygen atoms in total. The van der Waals surface area contributed by atoms with Crippen LogP contribution < -0.4 is 10.6 Å². The molecular weight excluding hydrogens is 364 g/mol. The number of carbonyl (C=O) groups is 2. The first-order valence-corrected chi connectivity index (χ1v) is 6.87. The van der Waals surface area contributed by atoms with Crippen LogP contribution in [0.1, 0.15) is 25.0 Å². The summed E-state index contributed by atoms with van der Waals surface area (Å²) in [6.45, 7) is 6.72. The summed E-state index contributed by atoms with van der Waals surface area (Å²) in [6.07, 6.45) is 0. The molecule has 1 aromatic rings. The summed E-state index contributed by atoms with van der Waals surface area (Å²) in [5.74, 6) is -0.394. The Labute approximate surface area is 123 Å². The van der Waals surface area contributed by atoms with Crippen molar-refractivity contribution < 1.29 is 9.59 Å². The largest absolute Gasteiger partial charge is 0.324 e. The fraction of sp³-hybridized carbons (Fsp3) is 0.333. The molecule has 0 aliphatic rings. The van der Waals surface area contributed by atoms with Gasteiger partial charge in [-0.15, -0.1) is 0 Å². The minimum Gasteiger partial charge on any atom is -0.324 e. The molecule has 0 heterocycles. The van der Waals surface area contributed by atoms with Crippen LogP contribution in [0.3, 0.4) is 0 Å². The molecule has 0 fully saturated rings. The average Bonchev–Trinajstić information content (AvgIpc) is 2.27. The molecule has 2 N–H and O–H groups in total. The molecule has 1 rings (SSSR count). The Morgan fingerprint density at radius 2 is 1.11 bits per heavy atom. The lowest BCUT2D eigenvalue weighted by molar-refractivity contribution is -0.115. The second kappa shape index (κ2) is 5.84. The molecule has 0 aliphatic carbocycles. The highest BCUT2D eigenvalue weighted by Crippen LogP contribution is 2.42. The molecule has 6 heteroatoms. The van der Waals surface area contributed by atoms with Crippen molar-refractivity contribution in [3.8, 4) is 0 Å². The Bertz CT molecular complexity index is 481. The quantitative estimate of drug-likeness (QED) is 0.824. The maximum atomic E-state index is 11.3. The smallest absolute Gasteiger partial charge is 0.221 e. The topological polar surface area (TPSA) is 58.2 Å². The number of carbonyl (C=O) groups excluding carboxylic acids is 2. The molecule has 0 aromatic heterocycles. The van der Waals surface area contributed by atoms with Gasteiger partial charge in [-0.05, 0) is 56.8 Å². The summed E-state index contributed by atoms with van der Waals surface area (Å²) in [6, 6.07) is 0. The maximum absolute atomic E-state index is 11.3. The fourth-order valence-electron chi connectivity index (χ4n) is 1.51. The molecule has 1 aromatic carbocycles. The highest BCUT2D eigenvalue weighted by molar-refractivity contribution is 9.11. The SMILES string of the molecule is CC(=O)Nc1c(Br)c(C)c(C)c(Br)c1NC(C)=O. The van der Waals surface area contributed by atoms with Gasteiger partial charge in [-0.1, -0.05) is 0 Å². The summed E-state index contributed by atoms with van der Waals surface area (Å²) < 4.78 is 1.53. The van der Waals surface area contributed by atoms with Crippen LogP contribution in [0.2, 0.25) is 0 Å². The van der Waals surface area contributed by atoms with Crippen LogP contribution >= 0.6 is 31.9 Å². The normalized spacial score (nSPS) is 10.1. The fourth-order valence-corrected chi connectivity index (χ4v) is 2.70. The number of benzene rings is 1. The molecule has 0 saturated heterocycles. The summed E-state index contributed by atoms with van der Waals surface area (Å²) in [5, 5.41) is 5.45. The predicted octanol–water partition coefficient (Wildman–Crippen LogP) is 3.75. The number of hydrogen-bond donors (Lipinski definition) is 2. The van der Waals surface area contributed by atoms with Crippen molar-refractivity contribution >= 4 is 55.0 Å². The standard InChI is InChI=1S/C12H14Br2N2O2/c1-5-6(2)10(14)12(16-8(4)18)11(9(5)13)15-7(3)17/h1-4H3,(H,15,17)(H,16,18). The highest BCUT2D eigenvalue weighted by Gasteiger charge is 2.18. The van der Waals surface area contributed by atoms with E-state index < -0.39 is 0 Å². The zero-order valence-electron chi connectivity index (χ0n) is 10.6. The van der Waals surface area contributed by atoms with E-state index in [1.807, 2.05) is 13.8 Å². The molecule has 0 atom stereocenters. The van der Waals surface area contributed by atoms with E-state index >= 15 is 0 Å². The Morgan fingerprint density at radius 1 is 0.833 bits per heavy atom. The van der Waals surface area contributed by atoms with E-state index in [1.165, 1.54) is 13.8 Å². The molecule has 0 saturated carbocycles. The summed E-state index contributed by atoms with van der Waals surface area (Å²) in [7, 11) is 0. The van der Waals surface area contributed by atoms with Crippen molar-refractivity contribution in [2.45, 2.75) is 27.7 Å². The Balaban J connectivity index is 3.52. The Kier molecular flexibility index (Phi) is 4.92. The van der Waals surface area contributed by atoms with Gasteiger partial charge in [0.2, 0.25) is 11.8 Å². The molecule has 0 spiro atoms. The highest BCUT2D eigenvalue weighted by atomic mass is 79.9. The van der Waals surface area contributed by atoms with Crippen LogP contribution in [-0.4, -0.2) is 11.8 Å². The van der Waals surface area contributed by atoms with Crippen molar-refractivity contribution in [2.75, 3.05) is 10.6 Å². The van der Waals surface area contributed by atoms with Gasteiger partial charge in [0.15, 0.2) is 0 Å². The van der Waals surface area contributed by atoms with Crippen molar-refractivity contribution in [1.29, 1.82) is 0 Å². The van der Waals surface area contributed by atoms with E-state index in [-0.39, 0.29) is 11.8 Å². The lowest BCUT2D eigenvalue weighted by Crippen LogP contribution is -2.14. The molecule has 0 unspecified atom stereocenters. The predicted molar refractivity (Wildman–Crippen MR) is 79.9 cm³/mol. The van der Waals surface area contributed by atoms with Gasteiger partial charge in [0.05, 0.1) is 11.4 Å². The van der Waals surface area contributed by atoms with Gasteiger partial charge in [-0.2, -0.15) is 0 Å². The number of amides is 2. The molecule has 98 valence electrons. The zero-order valence-corrected chi connectivity index (χ0v) is 13.7. The summed E-state index contributed by atoms with van der Waals surface area (Å²) >= 11 is 6.90. The number of halogens is 2. The van der Waals surface area contributed by atoms with E-state index in [1.54, 1.807) is 0 Å². The van der Waals surface area contributed by atoms with Crippen LogP contribution in [-0.2, 0) is 9.59 Å². The molecular formula is C12H14Br2N2O2. The zero-order chi connectivity index (χ0) is 14.0. The number of nitrogens with one attached hydrogen (secondary N) is 2. The lowest BCUT2D eigenvalue weighted by atomic mass is 10.1. The van der Waals surface area contributed by atoms with Gasteiger partial charge in [-0.25, -0.2) is 0 Å². The van der Waals surface area contributed by atoms with Crippen molar-refractivity contribution in [3.63, 3.8) is 0 Å². The molecule has 2 amide bonds. The third-order valence-electron chi connectivity index (χ3n) is 2.51. The van der Waals surface area contributed by atoms with Crippen molar-refractivity contribution in [3.05, 3.63) is 20.1 Å². The number of rotatable bonds is 2. The first kappa shape index (κ1) is 15.2. The van der Waals surface area contributed by atoms with Gasteiger partial charge in [-0.3, -0.25) is 9.59 Å². The van der Waals surface area contributed by atoms with Gasteiger partial charge in [0.25, 0.3) is 0 Å². The van der Waals surface area contributed by atoms with Crippen molar-refractivity contribution in [1.82, 2.24) is 0 Å². The Morgan fingerprint density at radius 3 is 1.33 bits per heavy atom. The third-order valence-corrected chi connectivity index (χ3v) is 4.49. The van der Waals surface area contributed by atoms with Gasteiger partial charge in [0.1, 0.15) is 0 Å². The molecule has 0 radical (unpaired) electrons. The first-order valence-electron chi connectivity index (χ1n) is 5.29. The first-order chi connectivity index (χ1) is 8.25. The van der Waals surface area contributed by atoms with E-state index in [9.17, 15) is 9.59 Å². The van der Waals surface area contributed by atoms with Crippen LogP contribution in [0, 0.1) is 13.8 Å². The summed E-state index contributed by atoms with van der Waals surface area (Å²) in [5.41, 5.74) is 3.12. The maximum Gasteiger partial charge on any atom is 0.221 e. The number of anilines is 2. The van der Waals surface area contributed by atoms with E-state index in [0.29, 0.717) is 11.4 Å². The molecule has 18 heavy (non-hydrogen) atoms. The molecule has 0 bridgehead atoms. The Hall–Kier alpha value is -0.880. The van der Waals surface area contributed by atoms with Crippen LogP contribution in [0.4, 0.5) is 11.4 Å². The van der Waals surface area contributed by atoms with Gasteiger partial charge >= 0.3 is 0 Å². The van der Waals surface area contributed by atoms with Crippen LogP contribution in [0.15, 0.2) is 8.95 Å². The monoisotopic (exact) mass is 376 g/mol. The van der Waals surface area contributed by atoms with E-state index in [0.717, 1.165) is 20.1 Å². The van der Waals surface area contributed by atoms with Gasteiger partial charge in [0, 0.05) is 22.8 Å². The van der Waals surface area contributed by atoms with E-state index in [2.05, 4.69) is 42.5 Å². The van der Waals surface area contributed by atoms with E-state index in [4.69, 9.17) is 0 Å². The average molecular weight is 378 g/mol. The van der Waals surface area contributed by atoms with Crippen molar-refractivity contribution in [2.24, 2.45) is 0 Å². The van der Waals surface area contributed by atoms with Gasteiger partial charge < -0.3 is 10.6 Å². The second-order valence-corrected chi connectivity index (χ2v) is 5.58.